The number of carboxylic acid groups (broad SMARTS) is 1. The summed E-state index contributed by atoms with van der Waals surface area (Å²) in [6.45, 7) is 11.2. The Bertz CT molecular complexity index is 1490. The molecule has 0 radical (unpaired) electrons. The standard InChI is InChI=1S/C26H22F2N2O4.C2H6.CH3F.CH2O/c1-13-11-17(15(3)29-19-8-5-4-7-16(19)26(32)33)24-18(12-13)22(31)14(2)23(34-24)20-9-6-10-21(30-20)25(27)28;3*1-2/h4-12,15,25,29H,1-3H3,(H,32,33);1-2H3;1H3;1H2. The summed E-state index contributed by atoms with van der Waals surface area (Å²) in [6.07, 6.45) is -2.76. The van der Waals surface area contributed by atoms with Crippen molar-refractivity contribution in [1.82, 2.24) is 4.98 Å². The number of carbonyl (C=O) groups is 2. The number of aromatic carboxylic acids is 1. The second kappa shape index (κ2) is 15.8. The zero-order valence-electron chi connectivity index (χ0n) is 23.2. The van der Waals surface area contributed by atoms with Gasteiger partial charge in [0.2, 0.25) is 0 Å². The Morgan fingerprint density at radius 3 is 2.25 bits per heavy atom. The molecule has 0 aliphatic carbocycles. The van der Waals surface area contributed by atoms with E-state index in [0.29, 0.717) is 23.8 Å². The Balaban J connectivity index is 0.00000125. The summed E-state index contributed by atoms with van der Waals surface area (Å²) in [5.74, 6) is -0.956. The highest BCUT2D eigenvalue weighted by molar-refractivity contribution is 5.94. The molecule has 7 nitrogen and oxygen atoms in total. The molecule has 2 N–H and O–H groups in total. The third-order valence-corrected chi connectivity index (χ3v) is 5.61. The molecule has 2 heterocycles. The van der Waals surface area contributed by atoms with E-state index >= 15 is 0 Å². The van der Waals surface area contributed by atoms with Crippen molar-refractivity contribution in [3.63, 3.8) is 0 Å². The molecular formula is C30H33F3N2O5. The maximum absolute atomic E-state index is 13.2. The molecule has 0 saturated carbocycles. The summed E-state index contributed by atoms with van der Waals surface area (Å²) < 4.78 is 42.1. The number of hydrogen-bond acceptors (Lipinski definition) is 6. The Morgan fingerprint density at radius 2 is 1.65 bits per heavy atom. The number of aromatic nitrogens is 1. The van der Waals surface area contributed by atoms with Gasteiger partial charge >= 0.3 is 5.97 Å². The van der Waals surface area contributed by atoms with Gasteiger partial charge in [-0.1, -0.05) is 38.1 Å². The highest BCUT2D eigenvalue weighted by Gasteiger charge is 2.21. The summed E-state index contributed by atoms with van der Waals surface area (Å²) in [5.41, 5.74) is 1.95. The molecular weight excluding hydrogens is 525 g/mol. The van der Waals surface area contributed by atoms with Crippen LogP contribution in [0, 0.1) is 13.8 Å². The molecule has 0 spiro atoms. The number of anilines is 1. The van der Waals surface area contributed by atoms with E-state index < -0.39 is 24.1 Å². The number of nitrogens with zero attached hydrogens (tertiary/aromatic N) is 1. The maximum atomic E-state index is 13.2. The molecule has 0 aliphatic rings. The van der Waals surface area contributed by atoms with Crippen LogP contribution >= 0.6 is 0 Å². The average Bonchev–Trinajstić information content (AvgIpc) is 2.98. The minimum Gasteiger partial charge on any atom is -0.478 e. The Kier molecular flexibility index (Phi) is 13.3. The zero-order valence-corrected chi connectivity index (χ0v) is 23.2. The molecule has 4 aromatic rings. The number of para-hydroxylation sites is 1. The number of benzene rings is 2. The molecule has 2 aromatic carbocycles. The van der Waals surface area contributed by atoms with E-state index in [1.54, 1.807) is 31.2 Å². The first-order valence-corrected chi connectivity index (χ1v) is 12.3. The fourth-order valence-corrected chi connectivity index (χ4v) is 3.94. The van der Waals surface area contributed by atoms with Crippen LogP contribution in [0.1, 0.15) is 66.0 Å². The molecule has 40 heavy (non-hydrogen) atoms. The Labute approximate surface area is 230 Å². The van der Waals surface area contributed by atoms with Gasteiger partial charge in [-0.15, -0.1) is 0 Å². The van der Waals surface area contributed by atoms with E-state index in [2.05, 4.69) is 10.3 Å². The number of rotatable bonds is 6. The molecule has 1 unspecified atom stereocenters. The highest BCUT2D eigenvalue weighted by Crippen LogP contribution is 2.32. The average molecular weight is 559 g/mol. The minimum absolute atomic E-state index is 0.109. The number of carboxylic acids is 1. The lowest BCUT2D eigenvalue weighted by Gasteiger charge is -2.20. The zero-order chi connectivity index (χ0) is 30.6. The lowest BCUT2D eigenvalue weighted by atomic mass is 9.99. The first-order valence-electron chi connectivity index (χ1n) is 12.3. The van der Waals surface area contributed by atoms with Crippen LogP contribution in [0.25, 0.3) is 22.4 Å². The predicted octanol–water partition coefficient (Wildman–Crippen LogP) is 7.71. The van der Waals surface area contributed by atoms with Crippen molar-refractivity contribution in [2.24, 2.45) is 0 Å². The van der Waals surface area contributed by atoms with Gasteiger partial charge in [0, 0.05) is 16.8 Å². The van der Waals surface area contributed by atoms with E-state index in [9.17, 15) is 27.9 Å². The minimum atomic E-state index is -2.76. The number of halogens is 3. The van der Waals surface area contributed by atoms with Gasteiger partial charge in [-0.3, -0.25) is 9.18 Å². The monoisotopic (exact) mass is 558 g/mol. The van der Waals surface area contributed by atoms with Crippen molar-refractivity contribution in [1.29, 1.82) is 0 Å². The fraction of sp³-hybridized carbons (Fsp3) is 0.267. The van der Waals surface area contributed by atoms with E-state index in [0.717, 1.165) is 5.56 Å². The highest BCUT2D eigenvalue weighted by atomic mass is 19.3. The second-order valence-corrected chi connectivity index (χ2v) is 8.08. The van der Waals surface area contributed by atoms with Crippen LogP contribution in [0.4, 0.5) is 18.9 Å². The van der Waals surface area contributed by atoms with Crippen molar-refractivity contribution in [3.05, 3.63) is 92.8 Å². The number of hydrogen-bond donors (Lipinski definition) is 2. The van der Waals surface area contributed by atoms with Crippen molar-refractivity contribution < 1.29 is 32.3 Å². The van der Waals surface area contributed by atoms with E-state index in [4.69, 9.17) is 9.21 Å². The van der Waals surface area contributed by atoms with Crippen molar-refractivity contribution in [2.45, 2.75) is 47.1 Å². The van der Waals surface area contributed by atoms with E-state index in [1.807, 2.05) is 40.6 Å². The van der Waals surface area contributed by atoms with E-state index in [1.165, 1.54) is 24.3 Å². The summed E-state index contributed by atoms with van der Waals surface area (Å²) in [4.78, 5) is 36.8. The van der Waals surface area contributed by atoms with Crippen LogP contribution in [0.2, 0.25) is 0 Å². The van der Waals surface area contributed by atoms with E-state index in [-0.39, 0.29) is 33.6 Å². The molecule has 4 rings (SSSR count). The summed E-state index contributed by atoms with van der Waals surface area (Å²) in [7, 11) is 0.500. The van der Waals surface area contributed by atoms with Crippen molar-refractivity contribution >= 4 is 29.4 Å². The van der Waals surface area contributed by atoms with Crippen molar-refractivity contribution in [2.75, 3.05) is 12.5 Å². The summed E-state index contributed by atoms with van der Waals surface area (Å²) >= 11 is 0. The Hall–Kier alpha value is -4.47. The van der Waals surface area contributed by atoms with Gasteiger partial charge in [0.15, 0.2) is 11.2 Å². The van der Waals surface area contributed by atoms with Gasteiger partial charge < -0.3 is 19.6 Å². The Morgan fingerprint density at radius 1 is 1.02 bits per heavy atom. The number of pyridine rings is 1. The van der Waals surface area contributed by atoms with Crippen LogP contribution in [0.5, 0.6) is 0 Å². The van der Waals surface area contributed by atoms with Crippen LogP contribution in [0.15, 0.2) is 63.8 Å². The third-order valence-electron chi connectivity index (χ3n) is 5.61. The largest absolute Gasteiger partial charge is 0.478 e. The maximum Gasteiger partial charge on any atom is 0.337 e. The number of nitrogens with one attached hydrogen (secondary N) is 1. The molecule has 1 atom stereocenters. The molecule has 0 saturated heterocycles. The summed E-state index contributed by atoms with van der Waals surface area (Å²) in [6, 6.07) is 13.8. The van der Waals surface area contributed by atoms with Gasteiger partial charge in [-0.05, 0) is 56.7 Å². The molecule has 10 heteroatoms. The lowest BCUT2D eigenvalue weighted by Crippen LogP contribution is -2.14. The van der Waals surface area contributed by atoms with Crippen LogP contribution in [0.3, 0.4) is 0 Å². The normalized spacial score (nSPS) is 10.8. The third kappa shape index (κ3) is 7.56. The smallest absolute Gasteiger partial charge is 0.337 e. The van der Waals surface area contributed by atoms with Crippen LogP contribution in [-0.2, 0) is 4.79 Å². The second-order valence-electron chi connectivity index (χ2n) is 8.08. The number of aryl methyl sites for hydroxylation is 1. The van der Waals surface area contributed by atoms with Crippen LogP contribution < -0.4 is 10.7 Å². The quantitative estimate of drug-likeness (QED) is 0.249. The molecule has 0 aliphatic heterocycles. The molecule has 0 amide bonds. The fourth-order valence-electron chi connectivity index (χ4n) is 3.94. The summed E-state index contributed by atoms with van der Waals surface area (Å²) in [5, 5.41) is 13.0. The number of fused-ring (bicyclic) bond motifs is 1. The molecule has 214 valence electrons. The first-order chi connectivity index (χ1) is 19.2. The van der Waals surface area contributed by atoms with Gasteiger partial charge in [0.05, 0.1) is 24.2 Å². The number of carbonyl (C=O) groups excluding carboxylic acids is 1. The molecule has 2 aromatic heterocycles. The predicted molar refractivity (Wildman–Crippen MR) is 151 cm³/mol. The first kappa shape index (κ1) is 33.6. The lowest BCUT2D eigenvalue weighted by molar-refractivity contribution is -0.0980. The molecule has 0 fully saturated rings. The number of alkyl halides is 3. The van der Waals surface area contributed by atoms with Gasteiger partial charge in [0.1, 0.15) is 23.8 Å². The van der Waals surface area contributed by atoms with Crippen molar-refractivity contribution in [3.8, 4) is 11.5 Å². The van der Waals surface area contributed by atoms with Crippen LogP contribution in [-0.4, -0.2) is 30.0 Å². The SMILES string of the molecule is C=O.CC.CF.Cc1cc(C(C)Nc2ccccc2C(=O)O)c2oc(-c3cccc(C(F)F)n3)c(C)c(=O)c2c1. The molecule has 0 bridgehead atoms. The van der Waals surface area contributed by atoms with Gasteiger partial charge in [-0.25, -0.2) is 18.6 Å². The van der Waals surface area contributed by atoms with Gasteiger partial charge in [0.25, 0.3) is 6.43 Å². The topological polar surface area (TPSA) is 110 Å². The van der Waals surface area contributed by atoms with Gasteiger partial charge in [-0.2, -0.15) is 0 Å².